The second-order valence-electron chi connectivity index (χ2n) is 6.32. The molecule has 0 spiro atoms. The molecule has 0 aliphatic rings. The normalized spacial score (nSPS) is 11.4. The van der Waals surface area contributed by atoms with Crippen molar-refractivity contribution in [3.63, 3.8) is 0 Å². The fourth-order valence-corrected chi connectivity index (χ4v) is 4.88. The van der Waals surface area contributed by atoms with Crippen molar-refractivity contribution in [1.29, 1.82) is 0 Å². The quantitative estimate of drug-likeness (QED) is 0.480. The number of hydrogen-bond acceptors (Lipinski definition) is 6. The van der Waals surface area contributed by atoms with Gasteiger partial charge in [0.1, 0.15) is 4.83 Å². The van der Waals surface area contributed by atoms with Crippen LogP contribution in [-0.4, -0.2) is 24.9 Å². The third kappa shape index (κ3) is 3.04. The van der Waals surface area contributed by atoms with Crippen LogP contribution in [0.5, 0.6) is 0 Å². The van der Waals surface area contributed by atoms with Gasteiger partial charge in [0.05, 0.1) is 18.3 Å². The van der Waals surface area contributed by atoms with Gasteiger partial charge in [-0.05, 0) is 32.4 Å². The summed E-state index contributed by atoms with van der Waals surface area (Å²) >= 11 is 3.04. The fourth-order valence-electron chi connectivity index (χ4n) is 3.20. The van der Waals surface area contributed by atoms with Crippen LogP contribution in [-0.2, 0) is 13.0 Å². The summed E-state index contributed by atoms with van der Waals surface area (Å²) in [6.07, 6.45) is 4.08. The predicted molar refractivity (Wildman–Crippen MR) is 109 cm³/mol. The van der Waals surface area contributed by atoms with E-state index in [0.29, 0.717) is 10.9 Å². The second-order valence-corrected chi connectivity index (χ2v) is 8.31. The third-order valence-corrected chi connectivity index (χ3v) is 6.52. The maximum absolute atomic E-state index is 12.9. The summed E-state index contributed by atoms with van der Waals surface area (Å²) in [5.74, 6) is -0.111. The van der Waals surface area contributed by atoms with Crippen LogP contribution in [0.4, 0.5) is 0 Å². The smallest absolute Gasteiger partial charge is 0.262 e. The lowest BCUT2D eigenvalue weighted by Crippen LogP contribution is -2.24. The van der Waals surface area contributed by atoms with Crippen LogP contribution in [0.15, 0.2) is 34.8 Å². The van der Waals surface area contributed by atoms with Gasteiger partial charge < -0.3 is 0 Å². The molecule has 0 bridgehead atoms. The molecule has 0 aliphatic carbocycles. The molecule has 138 valence electrons. The summed E-state index contributed by atoms with van der Waals surface area (Å²) in [6.45, 7) is 5.87. The molecule has 8 heteroatoms. The van der Waals surface area contributed by atoms with Crippen LogP contribution < -0.4 is 5.56 Å². The van der Waals surface area contributed by atoms with E-state index < -0.39 is 0 Å². The molecule has 0 saturated carbocycles. The Hall–Kier alpha value is -2.58. The van der Waals surface area contributed by atoms with Gasteiger partial charge in [-0.15, -0.1) is 22.7 Å². The predicted octanol–water partition coefficient (Wildman–Crippen LogP) is 3.77. The van der Waals surface area contributed by atoms with E-state index in [2.05, 4.69) is 9.97 Å². The zero-order valence-electron chi connectivity index (χ0n) is 15.2. The first kappa shape index (κ1) is 17.8. The molecule has 0 aliphatic heterocycles. The topological polar surface area (TPSA) is 69.8 Å². The van der Waals surface area contributed by atoms with Crippen LogP contribution in [0.1, 0.15) is 33.5 Å². The van der Waals surface area contributed by atoms with Crippen LogP contribution in [0.3, 0.4) is 0 Å². The maximum Gasteiger partial charge on any atom is 0.262 e. The van der Waals surface area contributed by atoms with Gasteiger partial charge >= 0.3 is 0 Å². The highest BCUT2D eigenvalue weighted by Crippen LogP contribution is 2.23. The van der Waals surface area contributed by atoms with Crippen LogP contribution >= 0.6 is 22.7 Å². The summed E-state index contributed by atoms with van der Waals surface area (Å²) in [5.41, 5.74) is 2.21. The summed E-state index contributed by atoms with van der Waals surface area (Å²) in [6, 6.07) is 3.74. The van der Waals surface area contributed by atoms with Crippen LogP contribution in [0.25, 0.3) is 15.3 Å². The molecule has 27 heavy (non-hydrogen) atoms. The largest absolute Gasteiger partial charge is 0.294 e. The molecule has 0 unspecified atom stereocenters. The van der Waals surface area contributed by atoms with Gasteiger partial charge in [0.25, 0.3) is 5.56 Å². The number of rotatable bonds is 5. The molecule has 0 atom stereocenters. The van der Waals surface area contributed by atoms with Gasteiger partial charge in [-0.1, -0.05) is 6.92 Å². The molecule has 4 heterocycles. The minimum absolute atomic E-state index is 0.0265. The zero-order valence-corrected chi connectivity index (χ0v) is 16.9. The summed E-state index contributed by atoms with van der Waals surface area (Å²) in [5, 5.41) is 3.32. The van der Waals surface area contributed by atoms with Gasteiger partial charge in [-0.2, -0.15) is 0 Å². The Labute approximate surface area is 163 Å². The molecule has 0 aromatic carbocycles. The molecule has 4 aromatic heterocycles. The molecule has 0 fully saturated rings. The highest BCUT2D eigenvalue weighted by molar-refractivity contribution is 7.18. The first-order chi connectivity index (χ1) is 13.0. The van der Waals surface area contributed by atoms with Crippen molar-refractivity contribution in [3.8, 4) is 5.13 Å². The maximum atomic E-state index is 12.9. The molecule has 4 rings (SSSR count). The summed E-state index contributed by atoms with van der Waals surface area (Å²) in [4.78, 5) is 36.2. The second kappa shape index (κ2) is 6.86. The van der Waals surface area contributed by atoms with Crippen molar-refractivity contribution < 1.29 is 4.79 Å². The number of ketones is 1. The van der Waals surface area contributed by atoms with Gasteiger partial charge in [-0.25, -0.2) is 9.97 Å². The van der Waals surface area contributed by atoms with Crippen molar-refractivity contribution in [1.82, 2.24) is 19.1 Å². The number of thiophene rings is 1. The molecule has 0 amide bonds. The molecule has 0 saturated heterocycles. The zero-order chi connectivity index (χ0) is 19.1. The molecule has 0 radical (unpaired) electrons. The number of hydrogen-bond donors (Lipinski definition) is 0. The minimum atomic E-state index is -0.168. The number of nitrogens with zero attached hydrogens (tertiary/aromatic N) is 4. The van der Waals surface area contributed by atoms with Crippen molar-refractivity contribution >= 4 is 38.7 Å². The van der Waals surface area contributed by atoms with Crippen molar-refractivity contribution in [2.45, 2.75) is 33.7 Å². The Bertz CT molecular complexity index is 1200. The lowest BCUT2D eigenvalue weighted by Gasteiger charge is -2.06. The Morgan fingerprint density at radius 2 is 2.04 bits per heavy atom. The van der Waals surface area contributed by atoms with Gasteiger partial charge in [-0.3, -0.25) is 18.7 Å². The van der Waals surface area contributed by atoms with Gasteiger partial charge in [0.15, 0.2) is 10.9 Å². The Balaban J connectivity index is 1.69. The van der Waals surface area contributed by atoms with Gasteiger partial charge in [0.2, 0.25) is 0 Å². The number of thiazole rings is 1. The van der Waals surface area contributed by atoms with Crippen LogP contribution in [0, 0.1) is 13.8 Å². The number of aryl methyl sites for hydroxylation is 2. The molecular weight excluding hydrogens is 380 g/mol. The number of fused-ring (bicyclic) bond motifs is 1. The molecule has 6 nitrogen and oxygen atoms in total. The number of carbonyl (C=O) groups is 1. The van der Waals surface area contributed by atoms with E-state index in [-0.39, 0.29) is 17.9 Å². The van der Waals surface area contributed by atoms with E-state index in [4.69, 9.17) is 0 Å². The van der Waals surface area contributed by atoms with Gasteiger partial charge in [0, 0.05) is 33.4 Å². The minimum Gasteiger partial charge on any atom is -0.294 e. The number of carbonyl (C=O) groups excluding carboxylic acids is 1. The average Bonchev–Trinajstić information content (AvgIpc) is 3.36. The van der Waals surface area contributed by atoms with E-state index in [1.807, 2.05) is 42.9 Å². The highest BCUT2D eigenvalue weighted by Gasteiger charge is 2.19. The summed E-state index contributed by atoms with van der Waals surface area (Å²) < 4.78 is 3.36. The van der Waals surface area contributed by atoms with Crippen molar-refractivity contribution in [2.24, 2.45) is 0 Å². The van der Waals surface area contributed by atoms with Crippen molar-refractivity contribution in [3.05, 3.63) is 62.2 Å². The highest BCUT2D eigenvalue weighted by atomic mass is 32.1. The fraction of sp³-hybridized carbons (Fsp3) is 0.263. The molecule has 0 N–H and O–H groups in total. The average molecular weight is 399 g/mol. The summed E-state index contributed by atoms with van der Waals surface area (Å²) in [7, 11) is 0. The van der Waals surface area contributed by atoms with E-state index in [0.717, 1.165) is 32.6 Å². The van der Waals surface area contributed by atoms with E-state index in [1.54, 1.807) is 6.20 Å². The third-order valence-electron chi connectivity index (χ3n) is 4.57. The van der Waals surface area contributed by atoms with Crippen molar-refractivity contribution in [2.75, 3.05) is 0 Å². The Morgan fingerprint density at radius 1 is 1.22 bits per heavy atom. The number of Topliss-reactive ketones (excluding diaryl/α,β-unsaturated/α-hetero) is 1. The van der Waals surface area contributed by atoms with E-state index >= 15 is 0 Å². The van der Waals surface area contributed by atoms with Crippen LogP contribution in [0.2, 0.25) is 0 Å². The Kier molecular flexibility index (Phi) is 4.53. The first-order valence-electron chi connectivity index (χ1n) is 8.59. The van der Waals surface area contributed by atoms with E-state index in [9.17, 15) is 9.59 Å². The standard InChI is InChI=1S/C19H18N4O2S2/c1-4-13-8-15-17(27-13)21-10-22(18(15)25)9-16(24)14-7-11(2)23(12(14)3)19-20-5-6-26-19/h5-8,10H,4,9H2,1-3H3. The SMILES string of the molecule is CCc1cc2c(=O)n(CC(=O)c3cc(C)n(-c4nccs4)c3C)cnc2s1. The lowest BCUT2D eigenvalue weighted by atomic mass is 10.1. The lowest BCUT2D eigenvalue weighted by molar-refractivity contribution is 0.0970. The number of aromatic nitrogens is 4. The molecular formula is C19H18N4O2S2. The Morgan fingerprint density at radius 3 is 2.74 bits per heavy atom. The van der Waals surface area contributed by atoms with E-state index in [1.165, 1.54) is 33.6 Å². The first-order valence-corrected chi connectivity index (χ1v) is 10.3. The molecule has 4 aromatic rings. The monoisotopic (exact) mass is 398 g/mol.